The molecule has 23 heavy (non-hydrogen) atoms. The molecule has 122 valence electrons. The van der Waals surface area contributed by atoms with E-state index in [1.165, 1.54) is 24.3 Å². The van der Waals surface area contributed by atoms with Crippen molar-refractivity contribution in [1.82, 2.24) is 5.32 Å². The van der Waals surface area contributed by atoms with Crippen molar-refractivity contribution in [3.8, 4) is 5.75 Å². The van der Waals surface area contributed by atoms with Gasteiger partial charge in [-0.3, -0.25) is 4.79 Å². The van der Waals surface area contributed by atoms with Crippen LogP contribution in [0.1, 0.15) is 21.5 Å². The Balaban J connectivity index is 2.11. The van der Waals surface area contributed by atoms with Crippen molar-refractivity contribution in [2.75, 3.05) is 0 Å². The minimum Gasteiger partial charge on any atom is -0.505 e. The fraction of sp³-hybridized carbons (Fsp3) is 0.133. The first kappa shape index (κ1) is 17.4. The zero-order valence-electron chi connectivity index (χ0n) is 11.4. The van der Waals surface area contributed by atoms with Crippen molar-refractivity contribution in [2.24, 2.45) is 0 Å². The number of halogens is 5. The number of amides is 1. The molecule has 0 saturated carbocycles. The van der Waals surface area contributed by atoms with E-state index >= 15 is 0 Å². The smallest absolute Gasteiger partial charge is 0.416 e. The molecule has 8 heteroatoms. The predicted molar refractivity (Wildman–Crippen MR) is 80.7 cm³/mol. The zero-order valence-corrected chi connectivity index (χ0v) is 12.9. The summed E-state index contributed by atoms with van der Waals surface area (Å²) in [5.41, 5.74) is -0.408. The van der Waals surface area contributed by atoms with E-state index in [9.17, 15) is 23.1 Å². The molecule has 0 bridgehead atoms. The topological polar surface area (TPSA) is 49.3 Å². The van der Waals surface area contributed by atoms with Gasteiger partial charge in [0.25, 0.3) is 5.91 Å². The Morgan fingerprint density at radius 1 is 1.13 bits per heavy atom. The summed E-state index contributed by atoms with van der Waals surface area (Å²) in [5.74, 6) is -0.922. The van der Waals surface area contributed by atoms with Crippen LogP contribution in [0.5, 0.6) is 5.75 Å². The van der Waals surface area contributed by atoms with E-state index in [0.717, 1.165) is 12.1 Å². The highest BCUT2D eigenvalue weighted by Gasteiger charge is 2.30. The van der Waals surface area contributed by atoms with Gasteiger partial charge in [-0.2, -0.15) is 13.2 Å². The normalized spacial score (nSPS) is 11.3. The molecule has 0 saturated heterocycles. The summed E-state index contributed by atoms with van der Waals surface area (Å²) in [6, 6.07) is 7.06. The van der Waals surface area contributed by atoms with E-state index in [4.69, 9.17) is 23.2 Å². The summed E-state index contributed by atoms with van der Waals surface area (Å²) in [4.78, 5) is 12.0. The Morgan fingerprint density at radius 2 is 1.74 bits per heavy atom. The second-order valence-electron chi connectivity index (χ2n) is 4.67. The number of nitrogens with one attached hydrogen (secondary N) is 1. The Kier molecular flexibility index (Phi) is 5.06. The van der Waals surface area contributed by atoms with Crippen LogP contribution < -0.4 is 5.32 Å². The van der Waals surface area contributed by atoms with Crippen LogP contribution in [-0.2, 0) is 12.7 Å². The lowest BCUT2D eigenvalue weighted by Crippen LogP contribution is -2.23. The molecule has 0 unspecified atom stereocenters. The third-order valence-electron chi connectivity index (χ3n) is 2.99. The predicted octanol–water partition coefficient (Wildman–Crippen LogP) is 4.65. The quantitative estimate of drug-likeness (QED) is 0.833. The second-order valence-corrected chi connectivity index (χ2v) is 5.48. The van der Waals surface area contributed by atoms with Crippen molar-refractivity contribution < 1.29 is 23.1 Å². The Bertz CT molecular complexity index is 725. The first-order valence-corrected chi connectivity index (χ1v) is 7.06. The van der Waals surface area contributed by atoms with E-state index in [2.05, 4.69) is 5.32 Å². The molecule has 0 atom stereocenters. The molecule has 0 spiro atoms. The van der Waals surface area contributed by atoms with E-state index in [0.29, 0.717) is 5.56 Å². The molecule has 3 nitrogen and oxygen atoms in total. The Labute approximate surface area is 139 Å². The number of carbonyl (C=O) groups excluding carboxylic acids is 1. The number of benzene rings is 2. The molecule has 2 aromatic rings. The average molecular weight is 364 g/mol. The van der Waals surface area contributed by atoms with E-state index < -0.39 is 17.6 Å². The maximum absolute atomic E-state index is 12.6. The lowest BCUT2D eigenvalue weighted by atomic mass is 10.1. The van der Waals surface area contributed by atoms with Crippen LogP contribution in [0.4, 0.5) is 13.2 Å². The molecule has 0 aromatic heterocycles. The minimum atomic E-state index is -4.45. The minimum absolute atomic E-state index is 0.0878. The molecule has 2 aromatic carbocycles. The van der Waals surface area contributed by atoms with Crippen molar-refractivity contribution >= 4 is 29.1 Å². The van der Waals surface area contributed by atoms with Crippen molar-refractivity contribution in [3.05, 3.63) is 63.1 Å². The fourth-order valence-electron chi connectivity index (χ4n) is 1.84. The monoisotopic (exact) mass is 363 g/mol. The van der Waals surface area contributed by atoms with Gasteiger partial charge in [0.1, 0.15) is 0 Å². The summed E-state index contributed by atoms with van der Waals surface area (Å²) < 4.78 is 37.9. The number of phenolic OH excluding ortho intramolecular Hbond substituents is 1. The first-order valence-electron chi connectivity index (χ1n) is 6.31. The lowest BCUT2D eigenvalue weighted by molar-refractivity contribution is -0.137. The van der Waals surface area contributed by atoms with Crippen molar-refractivity contribution in [3.63, 3.8) is 0 Å². The van der Waals surface area contributed by atoms with Crippen LogP contribution in [0, 0.1) is 0 Å². The van der Waals surface area contributed by atoms with Gasteiger partial charge in [-0.15, -0.1) is 0 Å². The highest BCUT2D eigenvalue weighted by molar-refractivity contribution is 6.37. The lowest BCUT2D eigenvalue weighted by Gasteiger charge is -2.10. The average Bonchev–Trinajstić information content (AvgIpc) is 2.49. The number of hydrogen-bond acceptors (Lipinski definition) is 2. The molecule has 1 amide bonds. The SMILES string of the molecule is O=C(NCc1cccc(C(F)(F)F)c1)c1cc(Cl)c(O)c(Cl)c1. The van der Waals surface area contributed by atoms with Crippen molar-refractivity contribution in [1.29, 1.82) is 0 Å². The second kappa shape index (κ2) is 6.68. The van der Waals surface area contributed by atoms with Gasteiger partial charge in [0.05, 0.1) is 15.6 Å². The number of carbonyl (C=O) groups is 1. The maximum Gasteiger partial charge on any atom is 0.416 e. The standard InChI is InChI=1S/C15H10Cl2F3NO2/c16-11-5-9(6-12(17)13(11)22)14(23)21-7-8-2-1-3-10(4-8)15(18,19)20/h1-6,22H,7H2,(H,21,23). The van der Waals surface area contributed by atoms with Gasteiger partial charge >= 0.3 is 6.18 Å². The summed E-state index contributed by atoms with van der Waals surface area (Å²) in [6.45, 7) is -0.0983. The van der Waals surface area contributed by atoms with Gasteiger partial charge < -0.3 is 10.4 Å². The van der Waals surface area contributed by atoms with Crippen LogP contribution in [0.15, 0.2) is 36.4 Å². The van der Waals surface area contributed by atoms with E-state index in [1.807, 2.05) is 0 Å². The largest absolute Gasteiger partial charge is 0.505 e. The third kappa shape index (κ3) is 4.30. The number of aromatic hydroxyl groups is 1. The molecular weight excluding hydrogens is 354 g/mol. The molecule has 2 N–H and O–H groups in total. The summed E-state index contributed by atoms with van der Waals surface area (Å²) in [7, 11) is 0. The number of rotatable bonds is 3. The van der Waals surface area contributed by atoms with Crippen LogP contribution in [0.25, 0.3) is 0 Å². The van der Waals surface area contributed by atoms with Crippen LogP contribution in [0.2, 0.25) is 10.0 Å². The number of alkyl halides is 3. The van der Waals surface area contributed by atoms with Gasteiger partial charge in [0.15, 0.2) is 5.75 Å². The van der Waals surface area contributed by atoms with Crippen molar-refractivity contribution in [2.45, 2.75) is 12.7 Å². The van der Waals surface area contributed by atoms with Gasteiger partial charge in [-0.05, 0) is 29.8 Å². The Hall–Kier alpha value is -1.92. The van der Waals surface area contributed by atoms with Gasteiger partial charge in [0.2, 0.25) is 0 Å². The highest BCUT2D eigenvalue weighted by Crippen LogP contribution is 2.33. The molecule has 0 aliphatic carbocycles. The van der Waals surface area contributed by atoms with Gasteiger partial charge in [0, 0.05) is 12.1 Å². The molecule has 0 heterocycles. The molecule has 0 aliphatic rings. The van der Waals surface area contributed by atoms with Crippen LogP contribution >= 0.6 is 23.2 Å². The highest BCUT2D eigenvalue weighted by atomic mass is 35.5. The third-order valence-corrected chi connectivity index (χ3v) is 3.56. The van der Waals surface area contributed by atoms with Gasteiger partial charge in [-0.25, -0.2) is 0 Å². The van der Waals surface area contributed by atoms with Crippen LogP contribution in [0.3, 0.4) is 0 Å². The molecule has 0 radical (unpaired) electrons. The summed E-state index contributed by atoms with van der Waals surface area (Å²) >= 11 is 11.4. The van der Waals surface area contributed by atoms with Crippen LogP contribution in [-0.4, -0.2) is 11.0 Å². The summed E-state index contributed by atoms with van der Waals surface area (Å²) in [5, 5.41) is 11.7. The number of phenols is 1. The molecular formula is C15H10Cl2F3NO2. The Morgan fingerprint density at radius 3 is 2.30 bits per heavy atom. The first-order chi connectivity index (χ1) is 10.7. The van der Waals surface area contributed by atoms with E-state index in [1.54, 1.807) is 0 Å². The molecule has 2 rings (SSSR count). The zero-order chi connectivity index (χ0) is 17.2. The molecule has 0 fully saturated rings. The van der Waals surface area contributed by atoms with Gasteiger partial charge in [-0.1, -0.05) is 35.3 Å². The maximum atomic E-state index is 12.6. The van der Waals surface area contributed by atoms with E-state index in [-0.39, 0.29) is 27.9 Å². The fourth-order valence-corrected chi connectivity index (χ4v) is 2.33. The molecule has 0 aliphatic heterocycles. The summed E-state index contributed by atoms with van der Waals surface area (Å²) in [6.07, 6.45) is -4.45. The number of hydrogen-bond donors (Lipinski definition) is 2.